The van der Waals surface area contributed by atoms with Crippen LogP contribution in [0, 0.1) is 0 Å². The quantitative estimate of drug-likeness (QED) is 0.282. The monoisotopic (exact) mass is 380 g/mol. The molecule has 3 heteroatoms. The summed E-state index contributed by atoms with van der Waals surface area (Å²) in [5, 5.41) is 0. The highest BCUT2D eigenvalue weighted by molar-refractivity contribution is 5.81. The molecule has 1 aromatic rings. The third-order valence-corrected chi connectivity index (χ3v) is 4.47. The van der Waals surface area contributed by atoms with Crippen LogP contribution in [0.3, 0.4) is 0 Å². The maximum Gasteiger partial charge on any atom is 0.226 e. The van der Waals surface area contributed by atoms with Crippen molar-refractivity contribution in [3.63, 3.8) is 0 Å². The number of pyridine rings is 1. The van der Waals surface area contributed by atoms with Crippen LogP contribution in [-0.2, 0) is 4.79 Å². The van der Waals surface area contributed by atoms with E-state index in [0.29, 0.717) is 6.42 Å². The van der Waals surface area contributed by atoms with E-state index in [4.69, 9.17) is 5.73 Å². The van der Waals surface area contributed by atoms with Crippen molar-refractivity contribution in [2.24, 2.45) is 5.73 Å². The highest BCUT2D eigenvalue weighted by Gasteiger charge is 2.17. The second-order valence-electron chi connectivity index (χ2n) is 6.88. The molecule has 152 valence electrons. The van der Waals surface area contributed by atoms with Crippen molar-refractivity contribution < 1.29 is 4.79 Å². The molecule has 0 saturated heterocycles. The van der Waals surface area contributed by atoms with Crippen LogP contribution < -0.4 is 5.73 Å². The number of aromatic nitrogens is 1. The van der Waals surface area contributed by atoms with Gasteiger partial charge in [-0.15, -0.1) is 0 Å². The normalized spacial score (nSPS) is 13.3. The van der Waals surface area contributed by atoms with E-state index in [0.717, 1.165) is 31.4 Å². The second-order valence-corrected chi connectivity index (χ2v) is 6.88. The van der Waals surface area contributed by atoms with Crippen molar-refractivity contribution in [3.05, 3.63) is 78.7 Å². The van der Waals surface area contributed by atoms with Crippen molar-refractivity contribution in [3.8, 4) is 0 Å². The van der Waals surface area contributed by atoms with Crippen molar-refractivity contribution in [1.82, 2.24) is 4.98 Å². The largest absolute Gasteiger partial charge is 0.369 e. The number of nitrogens with two attached hydrogens (primary N) is 1. The molecule has 0 fully saturated rings. The van der Waals surface area contributed by atoms with E-state index in [-0.39, 0.29) is 11.8 Å². The first-order valence-electron chi connectivity index (χ1n) is 10.6. The van der Waals surface area contributed by atoms with Gasteiger partial charge in [-0.1, -0.05) is 74.4 Å². The van der Waals surface area contributed by atoms with Crippen LogP contribution >= 0.6 is 0 Å². The molecule has 0 radical (unpaired) electrons. The highest BCUT2D eigenvalue weighted by atomic mass is 16.1. The van der Waals surface area contributed by atoms with Gasteiger partial charge in [0.15, 0.2) is 0 Å². The van der Waals surface area contributed by atoms with Gasteiger partial charge >= 0.3 is 0 Å². The smallest absolute Gasteiger partial charge is 0.226 e. The van der Waals surface area contributed by atoms with E-state index in [1.807, 2.05) is 18.2 Å². The molecule has 28 heavy (non-hydrogen) atoms. The number of hydrogen-bond donors (Lipinski definition) is 1. The molecule has 0 saturated carbocycles. The lowest BCUT2D eigenvalue weighted by Gasteiger charge is -2.10. The summed E-state index contributed by atoms with van der Waals surface area (Å²) < 4.78 is 0. The Morgan fingerprint density at radius 1 is 0.929 bits per heavy atom. The maximum absolute atomic E-state index is 11.6. The van der Waals surface area contributed by atoms with E-state index < -0.39 is 0 Å². The number of hydrogen-bond acceptors (Lipinski definition) is 2. The Kier molecular flexibility index (Phi) is 14.1. The van der Waals surface area contributed by atoms with Crippen LogP contribution in [0.1, 0.15) is 76.3 Å². The number of nitrogens with zero attached hydrogens (tertiary/aromatic N) is 1. The predicted molar refractivity (Wildman–Crippen MR) is 120 cm³/mol. The van der Waals surface area contributed by atoms with Crippen LogP contribution in [0.5, 0.6) is 0 Å². The van der Waals surface area contributed by atoms with E-state index in [1.165, 1.54) is 25.7 Å². The Morgan fingerprint density at radius 2 is 1.54 bits per heavy atom. The Morgan fingerprint density at radius 3 is 2.07 bits per heavy atom. The standard InChI is InChI=1S/C25H36N2O/c1-2-3-4-5-6-7-8-9-10-11-12-13-14-15-16-17-20-23(25(26)28)24-21-18-19-22-27-24/h6-7,9-10,12-13,15-16,18-19,21-23H,2-5,8,11,14,17,20H2,1H3,(H2,26,28). The molecule has 1 amide bonds. The fourth-order valence-electron chi connectivity index (χ4n) is 2.84. The second kappa shape index (κ2) is 16.7. The zero-order valence-electron chi connectivity index (χ0n) is 17.3. The topological polar surface area (TPSA) is 56.0 Å². The van der Waals surface area contributed by atoms with Crippen molar-refractivity contribution in [1.29, 1.82) is 0 Å². The summed E-state index contributed by atoms with van der Waals surface area (Å²) in [6.45, 7) is 2.23. The molecular formula is C25H36N2O. The molecule has 0 aliphatic rings. The minimum Gasteiger partial charge on any atom is -0.369 e. The molecule has 1 unspecified atom stereocenters. The molecular weight excluding hydrogens is 344 g/mol. The molecule has 0 spiro atoms. The molecule has 1 rings (SSSR count). The fraction of sp³-hybridized carbons (Fsp3) is 0.440. The van der Waals surface area contributed by atoms with Gasteiger partial charge in [0.2, 0.25) is 5.91 Å². The Bertz CT molecular complexity index is 629. The summed E-state index contributed by atoms with van der Waals surface area (Å²) >= 11 is 0. The molecule has 1 atom stereocenters. The number of amides is 1. The van der Waals surface area contributed by atoms with E-state index >= 15 is 0 Å². The summed E-state index contributed by atoms with van der Waals surface area (Å²) in [6.07, 6.45) is 28.8. The van der Waals surface area contributed by atoms with Crippen molar-refractivity contribution in [2.45, 2.75) is 70.6 Å². The first-order valence-corrected chi connectivity index (χ1v) is 10.6. The zero-order valence-corrected chi connectivity index (χ0v) is 17.3. The lowest BCUT2D eigenvalue weighted by atomic mass is 9.98. The van der Waals surface area contributed by atoms with Gasteiger partial charge in [0.1, 0.15) is 0 Å². The third-order valence-electron chi connectivity index (χ3n) is 4.47. The summed E-state index contributed by atoms with van der Waals surface area (Å²) in [4.78, 5) is 15.9. The molecule has 0 aromatic carbocycles. The van der Waals surface area contributed by atoms with Gasteiger partial charge in [0.05, 0.1) is 11.6 Å². The molecule has 1 aromatic heterocycles. The van der Waals surface area contributed by atoms with Gasteiger partial charge in [-0.25, -0.2) is 0 Å². The Hall–Kier alpha value is -2.42. The summed E-state index contributed by atoms with van der Waals surface area (Å²) in [6, 6.07) is 5.59. The predicted octanol–water partition coefficient (Wildman–Crippen LogP) is 6.41. The lowest BCUT2D eigenvalue weighted by Crippen LogP contribution is -2.22. The van der Waals surface area contributed by atoms with Crippen LogP contribution in [0.25, 0.3) is 0 Å². The van der Waals surface area contributed by atoms with Crippen LogP contribution in [0.2, 0.25) is 0 Å². The number of rotatable bonds is 15. The first-order chi connectivity index (χ1) is 13.8. The van der Waals surface area contributed by atoms with Crippen LogP contribution in [0.4, 0.5) is 0 Å². The van der Waals surface area contributed by atoms with Gasteiger partial charge in [-0.05, 0) is 57.1 Å². The number of allylic oxidation sites excluding steroid dienone is 8. The average Bonchev–Trinajstić information content (AvgIpc) is 2.70. The van der Waals surface area contributed by atoms with Crippen LogP contribution in [-0.4, -0.2) is 10.9 Å². The summed E-state index contributed by atoms with van der Waals surface area (Å²) in [7, 11) is 0. The fourth-order valence-corrected chi connectivity index (χ4v) is 2.84. The van der Waals surface area contributed by atoms with Gasteiger partial charge in [0, 0.05) is 6.20 Å². The van der Waals surface area contributed by atoms with E-state index in [2.05, 4.69) is 60.5 Å². The van der Waals surface area contributed by atoms with Gasteiger partial charge < -0.3 is 5.73 Å². The van der Waals surface area contributed by atoms with Gasteiger partial charge in [-0.3, -0.25) is 9.78 Å². The van der Waals surface area contributed by atoms with Gasteiger partial charge in [0.25, 0.3) is 0 Å². The number of carbonyl (C=O) groups is 1. The van der Waals surface area contributed by atoms with Crippen molar-refractivity contribution in [2.75, 3.05) is 0 Å². The number of unbranched alkanes of at least 4 members (excludes halogenated alkanes) is 3. The third kappa shape index (κ3) is 12.1. The Labute approximate surface area is 171 Å². The molecule has 0 bridgehead atoms. The first kappa shape index (κ1) is 23.6. The minimum atomic E-state index is -0.313. The van der Waals surface area contributed by atoms with Crippen molar-refractivity contribution >= 4 is 5.91 Å². The molecule has 3 nitrogen and oxygen atoms in total. The molecule has 0 aliphatic heterocycles. The Balaban J connectivity index is 2.12. The van der Waals surface area contributed by atoms with E-state index in [9.17, 15) is 4.79 Å². The average molecular weight is 381 g/mol. The molecule has 1 heterocycles. The van der Waals surface area contributed by atoms with E-state index in [1.54, 1.807) is 6.20 Å². The molecule has 2 N–H and O–H groups in total. The highest BCUT2D eigenvalue weighted by Crippen LogP contribution is 2.18. The lowest BCUT2D eigenvalue weighted by molar-refractivity contribution is -0.119. The van der Waals surface area contributed by atoms with Crippen LogP contribution in [0.15, 0.2) is 73.0 Å². The SMILES string of the molecule is CCCCCC=CCC=CCC=CCC=CCCC(C(N)=O)c1ccccn1. The zero-order chi connectivity index (χ0) is 20.3. The minimum absolute atomic E-state index is 0.311. The van der Waals surface area contributed by atoms with Gasteiger partial charge in [-0.2, -0.15) is 0 Å². The molecule has 0 aliphatic carbocycles. The number of carbonyl (C=O) groups excluding carboxylic acids is 1. The summed E-state index contributed by atoms with van der Waals surface area (Å²) in [5.41, 5.74) is 6.27. The summed E-state index contributed by atoms with van der Waals surface area (Å²) in [5.74, 6) is -0.623. The number of primary amides is 1. The maximum atomic E-state index is 11.6.